The lowest BCUT2D eigenvalue weighted by Crippen LogP contribution is -2.28. The number of aryl methyl sites for hydroxylation is 2. The molecule has 0 bridgehead atoms. The number of aromatic nitrogens is 2. The molecule has 5 rings (SSSR count). The third kappa shape index (κ3) is 4.10. The summed E-state index contributed by atoms with van der Waals surface area (Å²) in [6.07, 6.45) is -4.51. The minimum atomic E-state index is -5.87. The molecule has 0 saturated heterocycles. The summed E-state index contributed by atoms with van der Waals surface area (Å²) < 4.78 is 117. The fourth-order valence-electron chi connectivity index (χ4n) is 3.80. The first kappa shape index (κ1) is 23.9. The average Bonchev–Trinajstić information content (AvgIpc) is 3.43. The summed E-state index contributed by atoms with van der Waals surface area (Å²) in [7, 11) is -5.87. The van der Waals surface area contributed by atoms with Gasteiger partial charge in [-0.05, 0) is 36.6 Å². The van der Waals surface area contributed by atoms with Crippen LogP contribution in [-0.4, -0.2) is 24.1 Å². The Balaban J connectivity index is 1.55. The highest BCUT2D eigenvalue weighted by Gasteiger charge is 2.48. The number of nitrogens with zero attached hydrogens (tertiary/aromatic N) is 2. The molecular weight excluding hydrogens is 518 g/mol. The van der Waals surface area contributed by atoms with Gasteiger partial charge in [0.15, 0.2) is 17.2 Å². The number of alkyl halides is 6. The van der Waals surface area contributed by atoms with Gasteiger partial charge < -0.3 is 13.1 Å². The molecule has 2 aromatic carbocycles. The molecule has 36 heavy (non-hydrogen) atoms. The van der Waals surface area contributed by atoms with E-state index in [4.69, 9.17) is 8.94 Å². The molecule has 188 valence electrons. The molecule has 0 unspecified atom stereocenters. The Kier molecular flexibility index (Phi) is 5.39. The first-order valence-electron chi connectivity index (χ1n) is 10.1. The van der Waals surface area contributed by atoms with Crippen molar-refractivity contribution in [3.05, 3.63) is 65.4 Å². The molecule has 0 N–H and O–H groups in total. The normalized spacial score (nSPS) is 13.8. The minimum absolute atomic E-state index is 0.0777. The van der Waals surface area contributed by atoms with Crippen LogP contribution in [0.25, 0.3) is 34.2 Å². The van der Waals surface area contributed by atoms with Crippen molar-refractivity contribution in [1.82, 2.24) is 10.1 Å². The molecule has 1 aliphatic rings. The molecule has 0 atom stereocenters. The molecule has 0 aliphatic heterocycles. The van der Waals surface area contributed by atoms with E-state index in [2.05, 4.69) is 14.3 Å². The van der Waals surface area contributed by atoms with Gasteiger partial charge in [-0.3, -0.25) is 0 Å². The lowest BCUT2D eigenvalue weighted by molar-refractivity contribution is -0.136. The average molecular weight is 530 g/mol. The van der Waals surface area contributed by atoms with Crippen molar-refractivity contribution < 1.29 is 47.9 Å². The standard InChI is InChI=1S/C22H12F6N2O5S/c23-21(24,25)16-17(30-34-18(16)11-4-2-1-3-5-11)20-29-15-9-6-12-10-13(7-8-14(12)19(15)33-20)35-36(31,32)22(26,27)28/h1-5,7-8,10H,6,9H2. The van der Waals surface area contributed by atoms with Gasteiger partial charge in [-0.15, -0.1) is 0 Å². The van der Waals surface area contributed by atoms with Crippen LogP contribution in [0.4, 0.5) is 26.3 Å². The van der Waals surface area contributed by atoms with Gasteiger partial charge in [0.05, 0.1) is 5.69 Å². The van der Waals surface area contributed by atoms with Crippen LogP contribution in [0.2, 0.25) is 0 Å². The van der Waals surface area contributed by atoms with Gasteiger partial charge in [-0.25, -0.2) is 4.98 Å². The predicted molar refractivity (Wildman–Crippen MR) is 111 cm³/mol. The molecule has 0 radical (unpaired) electrons. The smallest absolute Gasteiger partial charge is 0.434 e. The zero-order valence-corrected chi connectivity index (χ0v) is 18.5. The zero-order valence-electron chi connectivity index (χ0n) is 17.6. The van der Waals surface area contributed by atoms with Crippen molar-refractivity contribution in [2.75, 3.05) is 0 Å². The minimum Gasteiger partial charge on any atom is -0.434 e. The Labute approximate surface area is 198 Å². The Bertz CT molecular complexity index is 1560. The molecule has 0 amide bonds. The number of halogens is 6. The predicted octanol–water partition coefficient (Wildman–Crippen LogP) is 6.01. The maximum Gasteiger partial charge on any atom is 0.534 e. The number of hydrogen-bond donors (Lipinski definition) is 0. The van der Waals surface area contributed by atoms with Crippen LogP contribution >= 0.6 is 0 Å². The van der Waals surface area contributed by atoms with E-state index < -0.39 is 50.5 Å². The van der Waals surface area contributed by atoms with Gasteiger partial charge >= 0.3 is 21.8 Å². The fraction of sp³-hybridized carbons (Fsp3) is 0.182. The molecule has 0 spiro atoms. The van der Waals surface area contributed by atoms with E-state index in [1.54, 1.807) is 6.07 Å². The third-order valence-electron chi connectivity index (χ3n) is 5.35. The highest BCUT2D eigenvalue weighted by Crippen LogP contribution is 2.45. The third-order valence-corrected chi connectivity index (χ3v) is 6.33. The highest BCUT2D eigenvalue weighted by molar-refractivity contribution is 7.88. The topological polar surface area (TPSA) is 95.4 Å². The van der Waals surface area contributed by atoms with Crippen LogP contribution in [0, 0.1) is 0 Å². The summed E-state index contributed by atoms with van der Waals surface area (Å²) >= 11 is 0. The maximum absolute atomic E-state index is 14.0. The summed E-state index contributed by atoms with van der Waals surface area (Å²) in [6, 6.07) is 10.9. The van der Waals surface area contributed by atoms with Crippen molar-refractivity contribution in [3.8, 4) is 40.0 Å². The van der Waals surface area contributed by atoms with E-state index >= 15 is 0 Å². The Hall–Kier alpha value is -3.81. The van der Waals surface area contributed by atoms with E-state index in [1.165, 1.54) is 30.3 Å². The van der Waals surface area contributed by atoms with Crippen molar-refractivity contribution in [3.63, 3.8) is 0 Å². The number of fused-ring (bicyclic) bond motifs is 3. The van der Waals surface area contributed by atoms with E-state index in [0.29, 0.717) is 16.8 Å². The lowest BCUT2D eigenvalue weighted by atomic mass is 9.93. The number of benzene rings is 2. The second kappa shape index (κ2) is 8.11. The summed E-state index contributed by atoms with van der Waals surface area (Å²) in [5.41, 5.74) is -6.32. The first-order valence-corrected chi connectivity index (χ1v) is 11.5. The second-order valence-corrected chi connectivity index (χ2v) is 9.23. The van der Waals surface area contributed by atoms with Gasteiger partial charge in [0.25, 0.3) is 0 Å². The Morgan fingerprint density at radius 3 is 2.31 bits per heavy atom. The zero-order chi connectivity index (χ0) is 25.9. The first-order chi connectivity index (χ1) is 16.8. The van der Waals surface area contributed by atoms with Crippen LogP contribution in [0.15, 0.2) is 57.5 Å². The van der Waals surface area contributed by atoms with E-state index in [1.807, 2.05) is 0 Å². The highest BCUT2D eigenvalue weighted by atomic mass is 32.2. The van der Waals surface area contributed by atoms with E-state index in [-0.39, 0.29) is 24.2 Å². The molecule has 2 heterocycles. The van der Waals surface area contributed by atoms with Crippen molar-refractivity contribution >= 4 is 10.1 Å². The largest absolute Gasteiger partial charge is 0.534 e. The molecule has 7 nitrogen and oxygen atoms in total. The summed E-state index contributed by atoms with van der Waals surface area (Å²) in [5.74, 6) is -1.46. The Morgan fingerprint density at radius 1 is 0.917 bits per heavy atom. The van der Waals surface area contributed by atoms with E-state index in [0.717, 1.165) is 12.1 Å². The summed E-state index contributed by atoms with van der Waals surface area (Å²) in [6.45, 7) is 0. The van der Waals surface area contributed by atoms with Crippen LogP contribution in [0.3, 0.4) is 0 Å². The quantitative estimate of drug-likeness (QED) is 0.181. The van der Waals surface area contributed by atoms with Gasteiger partial charge in [0.2, 0.25) is 5.89 Å². The van der Waals surface area contributed by atoms with E-state index in [9.17, 15) is 34.8 Å². The van der Waals surface area contributed by atoms with Gasteiger partial charge in [0, 0.05) is 11.1 Å². The van der Waals surface area contributed by atoms with Crippen molar-refractivity contribution in [2.45, 2.75) is 24.5 Å². The molecule has 2 aromatic heterocycles. The summed E-state index contributed by atoms with van der Waals surface area (Å²) in [4.78, 5) is 4.15. The Morgan fingerprint density at radius 2 is 1.64 bits per heavy atom. The van der Waals surface area contributed by atoms with Gasteiger partial charge in [-0.2, -0.15) is 34.8 Å². The molecule has 1 aliphatic carbocycles. The fourth-order valence-corrected chi connectivity index (χ4v) is 4.25. The number of rotatable bonds is 4. The second-order valence-electron chi connectivity index (χ2n) is 7.70. The number of hydrogen-bond acceptors (Lipinski definition) is 7. The number of oxazole rings is 1. The lowest BCUT2D eigenvalue weighted by Gasteiger charge is -2.16. The van der Waals surface area contributed by atoms with Crippen LogP contribution < -0.4 is 4.18 Å². The van der Waals surface area contributed by atoms with Crippen molar-refractivity contribution in [2.24, 2.45) is 0 Å². The molecular formula is C22H12F6N2O5S. The van der Waals surface area contributed by atoms with Crippen LogP contribution in [-0.2, 0) is 29.1 Å². The molecule has 4 aromatic rings. The molecule has 0 saturated carbocycles. The summed E-state index contributed by atoms with van der Waals surface area (Å²) in [5, 5.41) is 3.56. The maximum atomic E-state index is 14.0. The van der Waals surface area contributed by atoms with Crippen LogP contribution in [0.1, 0.15) is 16.8 Å². The van der Waals surface area contributed by atoms with Crippen molar-refractivity contribution in [1.29, 1.82) is 0 Å². The monoisotopic (exact) mass is 530 g/mol. The van der Waals surface area contributed by atoms with Gasteiger partial charge in [-0.1, -0.05) is 35.5 Å². The molecule has 0 fully saturated rings. The SMILES string of the molecule is O=S(=O)(Oc1ccc2c(c1)CCc1nc(-c3noc(-c4ccccc4)c3C(F)(F)F)oc1-2)C(F)(F)F. The molecule has 14 heteroatoms. The van der Waals surface area contributed by atoms with Gasteiger partial charge in [0.1, 0.15) is 11.3 Å². The van der Waals surface area contributed by atoms with Crippen LogP contribution in [0.5, 0.6) is 5.75 Å².